The Balaban J connectivity index is 1.87. The van der Waals surface area contributed by atoms with E-state index in [2.05, 4.69) is 10.5 Å². The smallest absolute Gasteiger partial charge is 0.272 e. The number of carbonyl (C=O) groups is 1. The van der Waals surface area contributed by atoms with Crippen molar-refractivity contribution < 1.29 is 9.72 Å². The highest BCUT2D eigenvalue weighted by Crippen LogP contribution is 2.20. The largest absolute Gasteiger partial charge is 0.272 e. The van der Waals surface area contributed by atoms with Gasteiger partial charge in [-0.2, -0.15) is 5.10 Å². The molecular weight excluding hydrogens is 350 g/mol. The summed E-state index contributed by atoms with van der Waals surface area (Å²) in [6, 6.07) is 11.9. The summed E-state index contributed by atoms with van der Waals surface area (Å²) in [4.78, 5) is 23.1. The number of nitro groups is 1. The molecule has 2 rings (SSSR count). The number of rotatable bonds is 6. The molecule has 124 valence electrons. The maximum atomic E-state index is 11.7. The van der Waals surface area contributed by atoms with Gasteiger partial charge < -0.3 is 0 Å². The van der Waals surface area contributed by atoms with Crippen LogP contribution in [0.25, 0.3) is 0 Å². The van der Waals surface area contributed by atoms with Crippen LogP contribution in [0.4, 0.5) is 5.69 Å². The van der Waals surface area contributed by atoms with E-state index < -0.39 is 4.92 Å². The lowest BCUT2D eigenvalue weighted by atomic mass is 10.1. The summed E-state index contributed by atoms with van der Waals surface area (Å²) in [6.45, 7) is 1.66. The Labute approximate surface area is 148 Å². The van der Waals surface area contributed by atoms with Gasteiger partial charge in [-0.15, -0.1) is 11.8 Å². The minimum atomic E-state index is -0.450. The maximum Gasteiger partial charge on any atom is 0.272 e. The lowest BCUT2D eigenvalue weighted by Gasteiger charge is -2.01. The summed E-state index contributed by atoms with van der Waals surface area (Å²) < 4.78 is 0. The van der Waals surface area contributed by atoms with Gasteiger partial charge in [0.25, 0.3) is 5.69 Å². The summed E-state index contributed by atoms with van der Waals surface area (Å²) in [5, 5.41) is 15.3. The molecule has 24 heavy (non-hydrogen) atoms. The van der Waals surface area contributed by atoms with E-state index in [0.717, 1.165) is 4.90 Å². The van der Waals surface area contributed by atoms with E-state index in [-0.39, 0.29) is 17.3 Å². The average Bonchev–Trinajstić information content (AvgIpc) is 2.55. The number of nitro benzene ring substituents is 1. The monoisotopic (exact) mass is 363 g/mol. The van der Waals surface area contributed by atoms with Crippen LogP contribution in [0.3, 0.4) is 0 Å². The highest BCUT2D eigenvalue weighted by atomic mass is 35.5. The van der Waals surface area contributed by atoms with E-state index in [0.29, 0.717) is 16.1 Å². The normalized spacial score (nSPS) is 10.8. The molecule has 0 aliphatic rings. The first-order valence-corrected chi connectivity index (χ1v) is 8.27. The van der Waals surface area contributed by atoms with Crippen LogP contribution in [0.2, 0.25) is 5.02 Å². The van der Waals surface area contributed by atoms with E-state index in [1.165, 1.54) is 24.0 Å². The number of halogens is 1. The third-order valence-electron chi connectivity index (χ3n) is 3.02. The maximum absolute atomic E-state index is 11.7. The van der Waals surface area contributed by atoms with Gasteiger partial charge in [-0.1, -0.05) is 23.7 Å². The van der Waals surface area contributed by atoms with Crippen LogP contribution in [0.15, 0.2) is 52.5 Å². The highest BCUT2D eigenvalue weighted by molar-refractivity contribution is 8.00. The van der Waals surface area contributed by atoms with Crippen molar-refractivity contribution in [1.82, 2.24) is 5.43 Å². The van der Waals surface area contributed by atoms with Crippen LogP contribution in [0, 0.1) is 17.0 Å². The number of carbonyl (C=O) groups excluding carboxylic acids is 1. The van der Waals surface area contributed by atoms with Gasteiger partial charge in [0.15, 0.2) is 0 Å². The number of nitrogens with one attached hydrogen (secondary N) is 1. The Kier molecular flexibility index (Phi) is 6.34. The second kappa shape index (κ2) is 8.47. The molecule has 0 fully saturated rings. The fraction of sp³-hybridized carbons (Fsp3) is 0.125. The van der Waals surface area contributed by atoms with Crippen molar-refractivity contribution in [3.8, 4) is 0 Å². The lowest BCUT2D eigenvalue weighted by Crippen LogP contribution is -2.19. The van der Waals surface area contributed by atoms with E-state index in [1.54, 1.807) is 31.2 Å². The highest BCUT2D eigenvalue weighted by Gasteiger charge is 2.10. The molecular formula is C16H14ClN3O3S. The summed E-state index contributed by atoms with van der Waals surface area (Å²) in [5.41, 5.74) is 3.52. The number of thioether (sulfide) groups is 1. The van der Waals surface area contributed by atoms with Gasteiger partial charge in [0.2, 0.25) is 5.91 Å². The number of aryl methyl sites for hydroxylation is 1. The summed E-state index contributed by atoms with van der Waals surface area (Å²) in [6.07, 6.45) is 1.37. The molecule has 1 amide bonds. The summed E-state index contributed by atoms with van der Waals surface area (Å²) in [7, 11) is 0. The molecule has 0 heterocycles. The Morgan fingerprint density at radius 1 is 1.33 bits per heavy atom. The number of benzene rings is 2. The molecule has 8 heteroatoms. The lowest BCUT2D eigenvalue weighted by molar-refractivity contribution is -0.385. The van der Waals surface area contributed by atoms with Crippen molar-refractivity contribution in [1.29, 1.82) is 0 Å². The van der Waals surface area contributed by atoms with Crippen LogP contribution in [-0.4, -0.2) is 22.8 Å². The Bertz CT molecular complexity index is 779. The van der Waals surface area contributed by atoms with Gasteiger partial charge >= 0.3 is 0 Å². The van der Waals surface area contributed by atoms with Crippen molar-refractivity contribution in [3.63, 3.8) is 0 Å². The molecule has 0 atom stereocenters. The van der Waals surface area contributed by atoms with Gasteiger partial charge in [0.05, 0.1) is 16.9 Å². The van der Waals surface area contributed by atoms with Crippen molar-refractivity contribution in [2.24, 2.45) is 5.10 Å². The van der Waals surface area contributed by atoms with Crippen LogP contribution >= 0.6 is 23.4 Å². The standard InChI is InChI=1S/C16H14ClN3O3S/c1-11-2-3-12(8-15(11)20(22)23)9-18-19-16(21)10-24-14-6-4-13(17)5-7-14/h2-9H,10H2,1H3,(H,19,21)/b18-9-. The van der Waals surface area contributed by atoms with Crippen LogP contribution < -0.4 is 5.43 Å². The van der Waals surface area contributed by atoms with Gasteiger partial charge in [0, 0.05) is 27.1 Å². The minimum absolute atomic E-state index is 0.0172. The van der Waals surface area contributed by atoms with Crippen LogP contribution in [0.1, 0.15) is 11.1 Å². The first kappa shape index (κ1) is 18.0. The Hall–Kier alpha value is -2.38. The molecule has 2 aromatic carbocycles. The molecule has 0 aliphatic carbocycles. The van der Waals surface area contributed by atoms with E-state index in [4.69, 9.17) is 11.6 Å². The van der Waals surface area contributed by atoms with Crippen molar-refractivity contribution >= 4 is 41.2 Å². The topological polar surface area (TPSA) is 84.6 Å². The quantitative estimate of drug-likeness (QED) is 0.366. The number of nitrogens with zero attached hydrogens (tertiary/aromatic N) is 2. The van der Waals surface area contributed by atoms with E-state index in [1.807, 2.05) is 12.1 Å². The third kappa shape index (κ3) is 5.36. The summed E-state index contributed by atoms with van der Waals surface area (Å²) >= 11 is 7.15. The molecule has 0 bridgehead atoms. The molecule has 0 saturated carbocycles. The van der Waals surface area contributed by atoms with Gasteiger partial charge in [0.1, 0.15) is 0 Å². The molecule has 0 aliphatic heterocycles. The number of hydrogen-bond acceptors (Lipinski definition) is 5. The molecule has 0 radical (unpaired) electrons. The number of amides is 1. The number of hydrogen-bond donors (Lipinski definition) is 1. The Morgan fingerprint density at radius 3 is 2.71 bits per heavy atom. The van der Waals surface area contributed by atoms with Crippen LogP contribution in [0.5, 0.6) is 0 Å². The van der Waals surface area contributed by atoms with Gasteiger partial charge in [-0.05, 0) is 31.2 Å². The van der Waals surface area contributed by atoms with Crippen molar-refractivity contribution in [3.05, 3.63) is 68.7 Å². The van der Waals surface area contributed by atoms with E-state index >= 15 is 0 Å². The number of hydrazone groups is 1. The van der Waals surface area contributed by atoms with E-state index in [9.17, 15) is 14.9 Å². The molecule has 1 N–H and O–H groups in total. The molecule has 0 spiro atoms. The average molecular weight is 364 g/mol. The van der Waals surface area contributed by atoms with Crippen molar-refractivity contribution in [2.75, 3.05) is 5.75 Å². The molecule has 2 aromatic rings. The second-order valence-electron chi connectivity index (χ2n) is 4.84. The molecule has 0 unspecified atom stereocenters. The van der Waals surface area contributed by atoms with Gasteiger partial charge in [-0.25, -0.2) is 5.43 Å². The summed E-state index contributed by atoms with van der Waals surface area (Å²) in [5.74, 6) is -0.0691. The first-order chi connectivity index (χ1) is 11.5. The molecule has 0 aromatic heterocycles. The SMILES string of the molecule is Cc1ccc(/C=N\NC(=O)CSc2ccc(Cl)cc2)cc1[N+](=O)[O-]. The second-order valence-corrected chi connectivity index (χ2v) is 6.32. The predicted octanol–water partition coefficient (Wildman–Crippen LogP) is 3.80. The third-order valence-corrected chi connectivity index (χ3v) is 4.28. The minimum Gasteiger partial charge on any atom is -0.272 e. The first-order valence-electron chi connectivity index (χ1n) is 6.91. The zero-order valence-corrected chi connectivity index (χ0v) is 14.3. The molecule has 0 saturated heterocycles. The fourth-order valence-corrected chi connectivity index (χ4v) is 2.61. The molecule has 6 nitrogen and oxygen atoms in total. The van der Waals surface area contributed by atoms with Crippen molar-refractivity contribution in [2.45, 2.75) is 11.8 Å². The zero-order chi connectivity index (χ0) is 17.5. The van der Waals surface area contributed by atoms with Crippen LogP contribution in [-0.2, 0) is 4.79 Å². The predicted molar refractivity (Wildman–Crippen MR) is 95.7 cm³/mol. The van der Waals surface area contributed by atoms with Gasteiger partial charge in [-0.3, -0.25) is 14.9 Å². The zero-order valence-electron chi connectivity index (χ0n) is 12.7. The Morgan fingerprint density at radius 2 is 2.04 bits per heavy atom. The fourth-order valence-electron chi connectivity index (χ4n) is 1.79.